The van der Waals surface area contributed by atoms with Gasteiger partial charge in [-0.15, -0.1) is 0 Å². The van der Waals surface area contributed by atoms with E-state index in [0.29, 0.717) is 82.3 Å². The van der Waals surface area contributed by atoms with Gasteiger partial charge in [0.05, 0.1) is 46.5 Å². The van der Waals surface area contributed by atoms with Crippen molar-refractivity contribution in [1.82, 2.24) is 9.80 Å². The van der Waals surface area contributed by atoms with Crippen LogP contribution in [0.2, 0.25) is 0 Å². The number of likely N-dealkylation sites (N-methyl/N-ethyl adjacent to an activating group) is 1. The van der Waals surface area contributed by atoms with E-state index in [4.69, 9.17) is 19.2 Å². The Morgan fingerprint density at radius 2 is 1.91 bits per heavy atom. The lowest BCUT2D eigenvalue weighted by Crippen LogP contribution is -2.40. The highest BCUT2D eigenvalue weighted by Crippen LogP contribution is 2.40. The summed E-state index contributed by atoms with van der Waals surface area (Å²) in [6.07, 6.45) is 1.80. The van der Waals surface area contributed by atoms with Gasteiger partial charge in [-0.1, -0.05) is 24.3 Å². The molecule has 0 aromatic heterocycles. The van der Waals surface area contributed by atoms with Gasteiger partial charge in [-0.2, -0.15) is 5.26 Å². The van der Waals surface area contributed by atoms with Crippen LogP contribution in [0.3, 0.4) is 0 Å². The SMILES string of the molecule is CCOc1cc(/C=C2/SC(=Nc3cccc(C(=O)N4CCOCC4)c3)N(CC)C2=O)cc(Br)c1OCc1ccccc1C#N. The first-order chi connectivity index (χ1) is 21.4. The Kier molecular flexibility index (Phi) is 10.4. The molecule has 0 atom stereocenters. The summed E-state index contributed by atoms with van der Waals surface area (Å²) in [6, 6.07) is 20.3. The molecule has 0 spiro atoms. The van der Waals surface area contributed by atoms with Crippen molar-refractivity contribution in [2.24, 2.45) is 4.99 Å². The zero-order chi connectivity index (χ0) is 31.1. The van der Waals surface area contributed by atoms with Crippen molar-refractivity contribution in [2.75, 3.05) is 39.5 Å². The van der Waals surface area contributed by atoms with Crippen molar-refractivity contribution in [3.63, 3.8) is 0 Å². The maximum Gasteiger partial charge on any atom is 0.266 e. The summed E-state index contributed by atoms with van der Waals surface area (Å²) in [5.74, 6) is 0.813. The van der Waals surface area contributed by atoms with Crippen molar-refractivity contribution < 1.29 is 23.8 Å². The number of ether oxygens (including phenoxy) is 3. The largest absolute Gasteiger partial charge is 0.490 e. The number of halogens is 1. The Morgan fingerprint density at radius 3 is 2.66 bits per heavy atom. The molecular weight excluding hydrogens is 644 g/mol. The zero-order valence-electron chi connectivity index (χ0n) is 24.4. The number of benzene rings is 3. The number of carbonyl (C=O) groups excluding carboxylic acids is 2. The maximum absolute atomic E-state index is 13.4. The van der Waals surface area contributed by atoms with Crippen LogP contribution in [0.4, 0.5) is 5.69 Å². The number of thioether (sulfide) groups is 1. The lowest BCUT2D eigenvalue weighted by Gasteiger charge is -2.26. The Labute approximate surface area is 269 Å². The van der Waals surface area contributed by atoms with Gasteiger partial charge in [-0.3, -0.25) is 14.5 Å². The van der Waals surface area contributed by atoms with Gasteiger partial charge in [0.25, 0.3) is 11.8 Å². The molecule has 9 nitrogen and oxygen atoms in total. The number of carbonyl (C=O) groups is 2. The minimum Gasteiger partial charge on any atom is -0.490 e. The molecule has 2 fully saturated rings. The van der Waals surface area contributed by atoms with Gasteiger partial charge in [-0.05, 0) is 89.6 Å². The van der Waals surface area contributed by atoms with E-state index in [9.17, 15) is 14.9 Å². The van der Waals surface area contributed by atoms with Crippen LogP contribution < -0.4 is 9.47 Å². The quantitative estimate of drug-likeness (QED) is 0.242. The van der Waals surface area contributed by atoms with Crippen molar-refractivity contribution in [2.45, 2.75) is 20.5 Å². The highest BCUT2D eigenvalue weighted by Gasteiger charge is 2.32. The first kappa shape index (κ1) is 31.3. The van der Waals surface area contributed by atoms with E-state index in [1.807, 2.05) is 50.2 Å². The molecule has 5 rings (SSSR count). The highest BCUT2D eigenvalue weighted by molar-refractivity contribution is 9.10. The highest BCUT2D eigenvalue weighted by atomic mass is 79.9. The van der Waals surface area contributed by atoms with Crippen LogP contribution in [0.5, 0.6) is 11.5 Å². The summed E-state index contributed by atoms with van der Waals surface area (Å²) in [5.41, 5.74) is 3.21. The molecule has 44 heavy (non-hydrogen) atoms. The number of morpholine rings is 1. The van der Waals surface area contributed by atoms with Gasteiger partial charge in [0.15, 0.2) is 16.7 Å². The second-order valence-corrected chi connectivity index (χ2v) is 11.7. The minimum absolute atomic E-state index is 0.0594. The number of nitrogens with zero attached hydrogens (tertiary/aromatic N) is 4. The second-order valence-electron chi connectivity index (χ2n) is 9.83. The number of hydrogen-bond donors (Lipinski definition) is 0. The van der Waals surface area contributed by atoms with Crippen LogP contribution >= 0.6 is 27.7 Å². The fourth-order valence-electron chi connectivity index (χ4n) is 4.77. The first-order valence-electron chi connectivity index (χ1n) is 14.3. The summed E-state index contributed by atoms with van der Waals surface area (Å²) >= 11 is 4.89. The number of aliphatic imine (C=N–C) groups is 1. The van der Waals surface area contributed by atoms with E-state index < -0.39 is 0 Å². The molecule has 0 saturated carbocycles. The van der Waals surface area contributed by atoms with Crippen LogP contribution in [0.1, 0.15) is 40.9 Å². The third-order valence-electron chi connectivity index (χ3n) is 6.96. The summed E-state index contributed by atoms with van der Waals surface area (Å²) in [4.78, 5) is 35.1. The molecule has 2 aliphatic heterocycles. The molecule has 0 unspecified atom stereocenters. The van der Waals surface area contributed by atoms with Crippen molar-refractivity contribution >= 4 is 56.4 Å². The predicted molar refractivity (Wildman–Crippen MR) is 174 cm³/mol. The normalized spacial score (nSPS) is 16.8. The van der Waals surface area contributed by atoms with Gasteiger partial charge in [0.2, 0.25) is 0 Å². The van der Waals surface area contributed by atoms with Crippen LogP contribution in [0, 0.1) is 11.3 Å². The van der Waals surface area contributed by atoms with E-state index in [-0.39, 0.29) is 18.4 Å². The monoisotopic (exact) mass is 674 g/mol. The molecule has 0 radical (unpaired) electrons. The summed E-state index contributed by atoms with van der Waals surface area (Å²) in [5, 5.41) is 9.96. The van der Waals surface area contributed by atoms with Gasteiger partial charge >= 0.3 is 0 Å². The molecular formula is C33H31BrN4O5S. The fourth-order valence-corrected chi connectivity index (χ4v) is 6.41. The fraction of sp³-hybridized carbons (Fsp3) is 0.273. The molecule has 2 saturated heterocycles. The molecule has 2 heterocycles. The molecule has 2 aliphatic rings. The van der Waals surface area contributed by atoms with Crippen molar-refractivity contribution in [1.29, 1.82) is 5.26 Å². The number of nitriles is 1. The van der Waals surface area contributed by atoms with Crippen LogP contribution in [-0.2, 0) is 16.1 Å². The Morgan fingerprint density at radius 1 is 1.11 bits per heavy atom. The third kappa shape index (κ3) is 7.16. The van der Waals surface area contributed by atoms with Gasteiger partial charge in [0, 0.05) is 30.8 Å². The van der Waals surface area contributed by atoms with Gasteiger partial charge < -0.3 is 19.1 Å². The Balaban J connectivity index is 1.38. The number of hydrogen-bond acceptors (Lipinski definition) is 8. The lowest BCUT2D eigenvalue weighted by molar-refractivity contribution is -0.122. The summed E-state index contributed by atoms with van der Waals surface area (Å²) in [7, 11) is 0. The average molecular weight is 676 g/mol. The lowest BCUT2D eigenvalue weighted by atomic mass is 10.1. The van der Waals surface area contributed by atoms with Gasteiger partial charge in [-0.25, -0.2) is 4.99 Å². The molecule has 2 amide bonds. The molecule has 226 valence electrons. The third-order valence-corrected chi connectivity index (χ3v) is 8.56. The average Bonchev–Trinajstić information content (AvgIpc) is 3.33. The van der Waals surface area contributed by atoms with Gasteiger partial charge in [0.1, 0.15) is 6.61 Å². The predicted octanol–water partition coefficient (Wildman–Crippen LogP) is 6.39. The van der Waals surface area contributed by atoms with Crippen LogP contribution in [0.15, 0.2) is 75.0 Å². The number of rotatable bonds is 9. The number of amidine groups is 1. The Bertz CT molecular complexity index is 1660. The standard InChI is InChI=1S/C33H31BrN4O5S/c1-3-38-32(40)29(44-33(38)36-26-11-7-10-23(19-26)31(39)37-12-14-41-15-13-37)18-22-16-27(34)30(28(17-22)42-4-2)43-21-25-9-6-5-8-24(25)20-35/h5-11,16-19H,3-4,12-15,21H2,1-2H3/b29-18+,36-33?. The van der Waals surface area contributed by atoms with E-state index >= 15 is 0 Å². The number of amides is 2. The van der Waals surface area contributed by atoms with Crippen molar-refractivity contribution in [3.8, 4) is 17.6 Å². The molecule has 0 bridgehead atoms. The summed E-state index contributed by atoms with van der Waals surface area (Å²) < 4.78 is 18.0. The molecule has 3 aromatic rings. The minimum atomic E-state index is -0.153. The molecule has 0 aliphatic carbocycles. The summed E-state index contributed by atoms with van der Waals surface area (Å²) in [6.45, 7) is 7.02. The molecule has 11 heteroatoms. The van der Waals surface area contributed by atoms with Crippen molar-refractivity contribution in [3.05, 3.63) is 92.3 Å². The topological polar surface area (TPSA) is 104 Å². The van der Waals surface area contributed by atoms with Crippen LogP contribution in [0.25, 0.3) is 6.08 Å². The van der Waals surface area contributed by atoms with Crippen LogP contribution in [-0.4, -0.2) is 66.2 Å². The van der Waals surface area contributed by atoms with E-state index in [0.717, 1.165) is 11.1 Å². The van der Waals surface area contributed by atoms with E-state index in [1.165, 1.54) is 11.8 Å². The Hall–Kier alpha value is -4.11. The first-order valence-corrected chi connectivity index (χ1v) is 15.9. The maximum atomic E-state index is 13.4. The zero-order valence-corrected chi connectivity index (χ0v) is 26.8. The smallest absolute Gasteiger partial charge is 0.266 e. The molecule has 3 aromatic carbocycles. The second kappa shape index (κ2) is 14.6. The van der Waals surface area contributed by atoms with E-state index in [1.54, 1.807) is 40.1 Å². The van der Waals surface area contributed by atoms with E-state index in [2.05, 4.69) is 22.0 Å². The molecule has 0 N–H and O–H groups in total.